The lowest BCUT2D eigenvalue weighted by Crippen LogP contribution is -2.05. The van der Waals surface area contributed by atoms with E-state index in [0.29, 0.717) is 17.1 Å². The molecule has 1 aliphatic heterocycles. The average molecular weight is 244 g/mol. The number of ether oxygens (including phenoxy) is 2. The van der Waals surface area contributed by atoms with E-state index in [1.54, 1.807) is 0 Å². The summed E-state index contributed by atoms with van der Waals surface area (Å²) in [5.74, 6) is 0.855. The van der Waals surface area contributed by atoms with Gasteiger partial charge in [0.15, 0.2) is 21.3 Å². The van der Waals surface area contributed by atoms with E-state index in [1.807, 2.05) is 0 Å². The molecule has 1 aromatic rings. The molecule has 5 nitrogen and oxygen atoms in total. The van der Waals surface area contributed by atoms with E-state index in [2.05, 4.69) is 0 Å². The molecule has 16 heavy (non-hydrogen) atoms. The van der Waals surface area contributed by atoms with Crippen LogP contribution in [0.3, 0.4) is 0 Å². The maximum atomic E-state index is 11.6. The first-order valence-corrected chi connectivity index (χ1v) is 6.60. The topological polar surface area (TPSA) is 72.8 Å². The van der Waals surface area contributed by atoms with Crippen LogP contribution in [0.25, 0.3) is 0 Å². The Balaban J connectivity index is 2.67. The lowest BCUT2D eigenvalue weighted by molar-refractivity contribution is 0.173. The predicted octanol–water partition coefficient (Wildman–Crippen LogP) is 0.872. The van der Waals surface area contributed by atoms with E-state index in [-0.39, 0.29) is 11.7 Å². The second-order valence-electron chi connectivity index (χ2n) is 3.69. The maximum absolute atomic E-state index is 11.6. The van der Waals surface area contributed by atoms with Crippen LogP contribution in [0.15, 0.2) is 17.0 Å². The van der Waals surface area contributed by atoms with Crippen LogP contribution in [-0.4, -0.2) is 26.6 Å². The Morgan fingerprint density at radius 2 is 1.88 bits per heavy atom. The predicted molar refractivity (Wildman–Crippen MR) is 56.3 cm³/mol. The number of aliphatic hydroxyl groups excluding tert-OH is 1. The summed E-state index contributed by atoms with van der Waals surface area (Å²) >= 11 is 0. The number of benzene rings is 1. The third-order valence-corrected chi connectivity index (χ3v) is 3.51. The summed E-state index contributed by atoms with van der Waals surface area (Å²) in [6.07, 6.45) is 0.218. The highest BCUT2D eigenvalue weighted by atomic mass is 32.2. The molecule has 88 valence electrons. The van der Waals surface area contributed by atoms with E-state index in [0.717, 1.165) is 6.26 Å². The Hall–Kier alpha value is -1.27. The van der Waals surface area contributed by atoms with Crippen LogP contribution in [0.2, 0.25) is 0 Å². The summed E-state index contributed by atoms with van der Waals surface area (Å²) in [5.41, 5.74) is 0.326. The van der Waals surface area contributed by atoms with Gasteiger partial charge in [0.05, 0.1) is 11.0 Å². The summed E-state index contributed by atoms with van der Waals surface area (Å²) in [4.78, 5) is 0.0757. The summed E-state index contributed by atoms with van der Waals surface area (Å²) in [6.45, 7) is 1.58. The molecule has 1 atom stereocenters. The standard InChI is InChI=1S/C10H12O5S/c1-6(11)7-3-8-9(15-5-14-8)4-10(7)16(2,12)13/h3-4,6,11H,5H2,1-2H3. The highest BCUT2D eigenvalue weighted by Gasteiger charge is 2.23. The van der Waals surface area contributed by atoms with Crippen LogP contribution >= 0.6 is 0 Å². The van der Waals surface area contributed by atoms with Crippen LogP contribution in [0.1, 0.15) is 18.6 Å². The van der Waals surface area contributed by atoms with Gasteiger partial charge in [-0.15, -0.1) is 0 Å². The zero-order chi connectivity index (χ0) is 11.9. The Kier molecular flexibility index (Phi) is 2.55. The Morgan fingerprint density at radius 1 is 1.31 bits per heavy atom. The van der Waals surface area contributed by atoms with Crippen molar-refractivity contribution >= 4 is 9.84 Å². The molecule has 1 heterocycles. The third kappa shape index (κ3) is 1.85. The van der Waals surface area contributed by atoms with Gasteiger partial charge in [-0.25, -0.2) is 8.42 Å². The molecule has 2 rings (SSSR count). The normalized spacial score (nSPS) is 16.2. The molecule has 1 N–H and O–H groups in total. The minimum atomic E-state index is -3.40. The Bertz CT molecular complexity index is 518. The van der Waals surface area contributed by atoms with Crippen molar-refractivity contribution in [3.05, 3.63) is 17.7 Å². The molecule has 0 aromatic heterocycles. The summed E-state index contributed by atoms with van der Waals surface area (Å²) in [7, 11) is -3.40. The Labute approximate surface area is 93.5 Å². The fourth-order valence-electron chi connectivity index (χ4n) is 1.59. The first-order chi connectivity index (χ1) is 7.39. The van der Waals surface area contributed by atoms with Crippen molar-refractivity contribution in [2.45, 2.75) is 17.9 Å². The van der Waals surface area contributed by atoms with Gasteiger partial charge >= 0.3 is 0 Å². The molecule has 0 saturated heterocycles. The quantitative estimate of drug-likeness (QED) is 0.835. The van der Waals surface area contributed by atoms with Gasteiger partial charge < -0.3 is 14.6 Å². The molecular weight excluding hydrogens is 232 g/mol. The molecule has 0 amide bonds. The summed E-state index contributed by atoms with van der Waals surface area (Å²) in [6, 6.07) is 2.89. The third-order valence-electron chi connectivity index (χ3n) is 2.35. The van der Waals surface area contributed by atoms with Crippen LogP contribution in [-0.2, 0) is 9.84 Å². The van der Waals surface area contributed by atoms with Crippen molar-refractivity contribution in [2.24, 2.45) is 0 Å². The van der Waals surface area contributed by atoms with Gasteiger partial charge in [0.1, 0.15) is 0 Å². The highest BCUT2D eigenvalue weighted by Crippen LogP contribution is 2.38. The van der Waals surface area contributed by atoms with E-state index in [4.69, 9.17) is 9.47 Å². The summed E-state index contributed by atoms with van der Waals surface area (Å²) < 4.78 is 33.3. The van der Waals surface area contributed by atoms with Crippen molar-refractivity contribution < 1.29 is 23.0 Å². The lowest BCUT2D eigenvalue weighted by Gasteiger charge is -2.11. The first-order valence-electron chi connectivity index (χ1n) is 4.71. The maximum Gasteiger partial charge on any atom is 0.231 e. The van der Waals surface area contributed by atoms with Gasteiger partial charge in [0, 0.05) is 17.9 Å². The van der Waals surface area contributed by atoms with E-state index < -0.39 is 15.9 Å². The Morgan fingerprint density at radius 3 is 2.38 bits per heavy atom. The van der Waals surface area contributed by atoms with E-state index in [9.17, 15) is 13.5 Å². The van der Waals surface area contributed by atoms with E-state index in [1.165, 1.54) is 19.1 Å². The number of hydrogen-bond donors (Lipinski definition) is 1. The monoisotopic (exact) mass is 244 g/mol. The number of hydrogen-bond acceptors (Lipinski definition) is 5. The molecule has 0 bridgehead atoms. The van der Waals surface area contributed by atoms with Crippen molar-refractivity contribution in [1.82, 2.24) is 0 Å². The van der Waals surface area contributed by atoms with Crippen molar-refractivity contribution in [2.75, 3.05) is 13.0 Å². The van der Waals surface area contributed by atoms with Gasteiger partial charge in [-0.05, 0) is 13.0 Å². The van der Waals surface area contributed by atoms with Gasteiger partial charge in [-0.2, -0.15) is 0 Å². The molecular formula is C10H12O5S. The zero-order valence-corrected chi connectivity index (χ0v) is 9.74. The molecule has 0 spiro atoms. The van der Waals surface area contributed by atoms with E-state index >= 15 is 0 Å². The second kappa shape index (κ2) is 3.64. The van der Waals surface area contributed by atoms with Gasteiger partial charge in [0.25, 0.3) is 0 Å². The minimum absolute atomic E-state index is 0.0712. The fourth-order valence-corrected chi connectivity index (χ4v) is 2.57. The first kappa shape index (κ1) is 11.2. The number of rotatable bonds is 2. The fraction of sp³-hybridized carbons (Fsp3) is 0.400. The number of aliphatic hydroxyl groups is 1. The molecule has 0 radical (unpaired) electrons. The zero-order valence-electron chi connectivity index (χ0n) is 8.93. The second-order valence-corrected chi connectivity index (χ2v) is 5.68. The lowest BCUT2D eigenvalue weighted by atomic mass is 10.1. The van der Waals surface area contributed by atoms with Crippen molar-refractivity contribution in [3.63, 3.8) is 0 Å². The van der Waals surface area contributed by atoms with Crippen molar-refractivity contribution in [1.29, 1.82) is 0 Å². The molecule has 6 heteroatoms. The molecule has 0 saturated carbocycles. The molecule has 1 aliphatic rings. The van der Waals surface area contributed by atoms with Gasteiger partial charge in [0.2, 0.25) is 6.79 Å². The van der Waals surface area contributed by atoms with Gasteiger partial charge in [-0.1, -0.05) is 0 Å². The van der Waals surface area contributed by atoms with Crippen LogP contribution in [0.4, 0.5) is 0 Å². The average Bonchev–Trinajstić information content (AvgIpc) is 2.60. The molecule has 1 unspecified atom stereocenters. The summed E-state index contributed by atoms with van der Waals surface area (Å²) in [5, 5.41) is 9.54. The van der Waals surface area contributed by atoms with Crippen LogP contribution < -0.4 is 9.47 Å². The van der Waals surface area contributed by atoms with Crippen LogP contribution in [0, 0.1) is 0 Å². The molecule has 0 fully saturated rings. The molecule has 1 aromatic carbocycles. The van der Waals surface area contributed by atoms with Crippen LogP contribution in [0.5, 0.6) is 11.5 Å². The van der Waals surface area contributed by atoms with Crippen molar-refractivity contribution in [3.8, 4) is 11.5 Å². The number of sulfone groups is 1. The smallest absolute Gasteiger partial charge is 0.231 e. The highest BCUT2D eigenvalue weighted by molar-refractivity contribution is 7.90. The largest absolute Gasteiger partial charge is 0.454 e. The SMILES string of the molecule is CC(O)c1cc2c(cc1S(C)(=O)=O)OCO2. The minimum Gasteiger partial charge on any atom is -0.454 e. The number of fused-ring (bicyclic) bond motifs is 1. The molecule has 0 aliphatic carbocycles. The van der Waals surface area contributed by atoms with Gasteiger partial charge in [-0.3, -0.25) is 0 Å².